The van der Waals surface area contributed by atoms with Crippen LogP contribution in [0.4, 0.5) is 14.5 Å². The summed E-state index contributed by atoms with van der Waals surface area (Å²) < 4.78 is 28.2. The van der Waals surface area contributed by atoms with Crippen molar-refractivity contribution in [3.8, 4) is 6.07 Å². The van der Waals surface area contributed by atoms with Crippen molar-refractivity contribution < 1.29 is 13.6 Å². The Morgan fingerprint density at radius 3 is 2.76 bits per heavy atom. The Balaban J connectivity index is 2.39. The Labute approximate surface area is 199 Å². The van der Waals surface area contributed by atoms with E-state index in [4.69, 9.17) is 11.6 Å². The molecule has 0 saturated heterocycles. The number of nitrogens with one attached hydrogen (secondary N) is 2. The zero-order chi connectivity index (χ0) is 25.0. The Hall–Kier alpha value is -3.84. The lowest BCUT2D eigenvalue weighted by Gasteiger charge is -2.08. The van der Waals surface area contributed by atoms with E-state index in [0.717, 1.165) is 4.52 Å². The maximum Gasteiger partial charge on any atom is 0.283 e. The Morgan fingerprint density at radius 1 is 1.41 bits per heavy atom. The van der Waals surface area contributed by atoms with Crippen LogP contribution >= 0.6 is 11.6 Å². The lowest BCUT2D eigenvalue weighted by Crippen LogP contribution is -2.39. The second-order valence-electron chi connectivity index (χ2n) is 7.61. The smallest absolute Gasteiger partial charge is 0.283 e. The molecule has 0 atom stereocenters. The zero-order valence-electron chi connectivity index (χ0n) is 18.7. The molecular weight excluding hydrogens is 464 g/mol. The van der Waals surface area contributed by atoms with Gasteiger partial charge < -0.3 is 10.6 Å². The van der Waals surface area contributed by atoms with Gasteiger partial charge in [0, 0.05) is 22.0 Å². The van der Waals surface area contributed by atoms with Gasteiger partial charge in [-0.15, -0.1) is 0 Å². The molecule has 1 aromatic carbocycles. The van der Waals surface area contributed by atoms with Crippen molar-refractivity contribution in [3.63, 3.8) is 0 Å². The Kier molecular flexibility index (Phi) is 7.58. The second kappa shape index (κ2) is 10.4. The van der Waals surface area contributed by atoms with Crippen LogP contribution in [0.3, 0.4) is 0 Å². The summed E-state index contributed by atoms with van der Waals surface area (Å²) in [4.78, 5) is 21.0. The molecule has 0 unspecified atom stereocenters. The molecule has 2 N–H and O–H groups in total. The first-order valence-electron chi connectivity index (χ1n) is 10.3. The first-order chi connectivity index (χ1) is 16.2. The number of rotatable bonds is 7. The van der Waals surface area contributed by atoms with Gasteiger partial charge in [-0.25, -0.2) is 13.8 Å². The van der Waals surface area contributed by atoms with E-state index in [-0.39, 0.29) is 35.2 Å². The number of aromatic nitrogens is 3. The van der Waals surface area contributed by atoms with Crippen molar-refractivity contribution in [3.05, 3.63) is 69.2 Å². The fraction of sp³-hybridized carbons (Fsp3) is 0.261. The number of amides is 1. The van der Waals surface area contributed by atoms with Crippen LogP contribution in [0.5, 0.6) is 0 Å². The van der Waals surface area contributed by atoms with Crippen molar-refractivity contribution in [2.45, 2.75) is 33.2 Å². The van der Waals surface area contributed by atoms with E-state index >= 15 is 0 Å². The van der Waals surface area contributed by atoms with Crippen LogP contribution in [0.2, 0.25) is 5.02 Å². The number of alkyl halides is 2. The third-order valence-electron chi connectivity index (χ3n) is 4.71. The normalized spacial score (nSPS) is 12.4. The number of aryl methyl sites for hydroxylation is 1. The summed E-state index contributed by atoms with van der Waals surface area (Å²) >= 11 is 6.11. The summed E-state index contributed by atoms with van der Waals surface area (Å²) in [6.45, 7) is 8.66. The van der Waals surface area contributed by atoms with Crippen LogP contribution in [-0.2, 0) is 4.79 Å². The van der Waals surface area contributed by atoms with Gasteiger partial charge >= 0.3 is 0 Å². The number of nitriles is 1. The second-order valence-corrected chi connectivity index (χ2v) is 8.04. The van der Waals surface area contributed by atoms with Gasteiger partial charge in [0.2, 0.25) is 5.91 Å². The quantitative estimate of drug-likeness (QED) is 0.535. The predicted octanol–water partition coefficient (Wildman–Crippen LogP) is 3.03. The predicted molar refractivity (Wildman–Crippen MR) is 125 cm³/mol. The van der Waals surface area contributed by atoms with Gasteiger partial charge in [0.05, 0.1) is 5.69 Å². The number of carbonyl (C=O) groups is 1. The van der Waals surface area contributed by atoms with Gasteiger partial charge in [-0.3, -0.25) is 9.79 Å². The van der Waals surface area contributed by atoms with Crippen LogP contribution < -0.4 is 21.3 Å². The fourth-order valence-electron chi connectivity index (χ4n) is 3.31. The molecule has 8 nitrogen and oxygen atoms in total. The van der Waals surface area contributed by atoms with Crippen molar-refractivity contribution in [1.29, 1.82) is 5.26 Å². The average molecular weight is 486 g/mol. The summed E-state index contributed by atoms with van der Waals surface area (Å²) in [6.07, 6.45) is 0.222. The molecule has 34 heavy (non-hydrogen) atoms. The summed E-state index contributed by atoms with van der Waals surface area (Å²) in [5, 5.41) is 20.0. The standard InChI is InChI=1S/C23H22ClF2N7O/c1-5-28-18-9-15(24)7-6-14(18)8-16-13(4)31-23-17(10-27)20(21(25)26)32-33(23)22(16)29-11-19(34)30-12(2)3/h5-9,12,21,28H,1,11H2,2-4H3,(H,30,34)/b16-8+,29-22?. The molecule has 11 heteroatoms. The van der Waals surface area contributed by atoms with Crippen molar-refractivity contribution in [2.75, 3.05) is 11.9 Å². The average Bonchev–Trinajstić information content (AvgIpc) is 3.13. The number of hydrogen-bond acceptors (Lipinski definition) is 6. The van der Waals surface area contributed by atoms with E-state index in [9.17, 15) is 18.8 Å². The van der Waals surface area contributed by atoms with Gasteiger partial charge in [-0.05, 0) is 50.7 Å². The van der Waals surface area contributed by atoms with Gasteiger partial charge in [0.15, 0.2) is 11.1 Å². The molecule has 2 aromatic heterocycles. The zero-order valence-corrected chi connectivity index (χ0v) is 19.5. The third-order valence-corrected chi connectivity index (χ3v) is 4.94. The third kappa shape index (κ3) is 5.21. The van der Waals surface area contributed by atoms with Crippen molar-refractivity contribution in [2.24, 2.45) is 4.99 Å². The first-order valence-corrected chi connectivity index (χ1v) is 10.6. The molecule has 0 saturated carbocycles. The minimum absolute atomic E-state index is 0.0592. The Bertz CT molecular complexity index is 1420. The van der Waals surface area contributed by atoms with Gasteiger partial charge in [0.1, 0.15) is 23.9 Å². The fourth-order valence-corrected chi connectivity index (χ4v) is 3.48. The topological polar surface area (TPSA) is 107 Å². The number of benzene rings is 1. The Morgan fingerprint density at radius 2 is 2.15 bits per heavy atom. The largest absolute Gasteiger partial charge is 0.362 e. The van der Waals surface area contributed by atoms with Crippen molar-refractivity contribution >= 4 is 34.9 Å². The molecule has 0 fully saturated rings. The van der Waals surface area contributed by atoms with E-state index < -0.39 is 12.1 Å². The van der Waals surface area contributed by atoms with Crippen LogP contribution in [0.15, 0.2) is 36.0 Å². The molecule has 176 valence electrons. The van der Waals surface area contributed by atoms with E-state index in [1.165, 1.54) is 6.20 Å². The van der Waals surface area contributed by atoms with Gasteiger partial charge in [-0.1, -0.05) is 24.2 Å². The molecule has 0 spiro atoms. The highest BCUT2D eigenvalue weighted by molar-refractivity contribution is 6.30. The van der Waals surface area contributed by atoms with Crippen LogP contribution in [-0.4, -0.2) is 33.1 Å². The molecule has 2 heterocycles. The number of fused-ring (bicyclic) bond motifs is 1. The molecule has 0 aliphatic carbocycles. The van der Waals surface area contributed by atoms with Gasteiger partial charge in [-0.2, -0.15) is 14.9 Å². The maximum absolute atomic E-state index is 13.6. The highest BCUT2D eigenvalue weighted by Crippen LogP contribution is 2.23. The summed E-state index contributed by atoms with van der Waals surface area (Å²) in [5.41, 5.74) is 0.742. The summed E-state index contributed by atoms with van der Waals surface area (Å²) in [5.74, 6) is -0.356. The highest BCUT2D eigenvalue weighted by atomic mass is 35.5. The van der Waals surface area contributed by atoms with E-state index in [0.29, 0.717) is 27.2 Å². The number of carbonyl (C=O) groups excluding carboxylic acids is 1. The van der Waals surface area contributed by atoms with Crippen LogP contribution in [0, 0.1) is 18.3 Å². The van der Waals surface area contributed by atoms with Crippen LogP contribution in [0.1, 0.15) is 42.8 Å². The number of hydrogen-bond donors (Lipinski definition) is 2. The number of halogens is 3. The molecular formula is C23H22ClF2N7O. The van der Waals surface area contributed by atoms with Crippen molar-refractivity contribution in [1.82, 2.24) is 19.9 Å². The van der Waals surface area contributed by atoms with E-state index in [1.807, 2.05) is 13.8 Å². The molecule has 1 amide bonds. The summed E-state index contributed by atoms with van der Waals surface area (Å²) in [7, 11) is 0. The lowest BCUT2D eigenvalue weighted by molar-refractivity contribution is -0.120. The number of nitrogens with zero attached hydrogens (tertiary/aromatic N) is 5. The molecule has 0 radical (unpaired) electrons. The number of anilines is 1. The monoisotopic (exact) mass is 485 g/mol. The maximum atomic E-state index is 13.6. The molecule has 0 bridgehead atoms. The molecule has 0 aliphatic heterocycles. The SMILES string of the molecule is C=CNc1cc(Cl)ccc1/C=c1\c(C)nc2c(C#N)c(C(F)F)nn2c1=NCC(=O)NC(C)C. The molecule has 3 rings (SSSR count). The first kappa shape index (κ1) is 24.8. The van der Waals surface area contributed by atoms with E-state index in [1.54, 1.807) is 37.3 Å². The lowest BCUT2D eigenvalue weighted by atomic mass is 10.1. The molecule has 3 aromatic rings. The highest BCUT2D eigenvalue weighted by Gasteiger charge is 2.23. The molecule has 0 aliphatic rings. The minimum Gasteiger partial charge on any atom is -0.362 e. The van der Waals surface area contributed by atoms with Gasteiger partial charge in [0.25, 0.3) is 6.43 Å². The van der Waals surface area contributed by atoms with E-state index in [2.05, 4.69) is 32.3 Å². The van der Waals surface area contributed by atoms with Crippen LogP contribution in [0.25, 0.3) is 11.7 Å². The minimum atomic E-state index is -2.99. The summed E-state index contributed by atoms with van der Waals surface area (Å²) in [6, 6.07) is 6.78.